The predicted octanol–water partition coefficient (Wildman–Crippen LogP) is 4.59. The summed E-state index contributed by atoms with van der Waals surface area (Å²) in [7, 11) is 2.12. The summed E-state index contributed by atoms with van der Waals surface area (Å²) in [5.41, 5.74) is 0.831. The smallest absolute Gasteiger partial charge is 0.257 e. The first kappa shape index (κ1) is 18.7. The third-order valence-corrected chi connectivity index (χ3v) is 5.04. The number of anilines is 1. The summed E-state index contributed by atoms with van der Waals surface area (Å²) < 4.78 is 19.2. The largest absolute Gasteiger partial charge is 0.490 e. The van der Waals surface area contributed by atoms with Crippen molar-refractivity contribution >= 4 is 23.2 Å². The number of likely N-dealkylation sites (tertiary alicyclic amines) is 1. The van der Waals surface area contributed by atoms with E-state index in [-0.39, 0.29) is 22.6 Å². The number of hydrogen-bond acceptors (Lipinski definition) is 3. The Kier molecular flexibility index (Phi) is 5.79. The number of hydrogen-bond donors (Lipinski definition) is 1. The van der Waals surface area contributed by atoms with Gasteiger partial charge < -0.3 is 15.0 Å². The van der Waals surface area contributed by atoms with Gasteiger partial charge in [-0.3, -0.25) is 4.79 Å². The number of rotatable bonds is 4. The van der Waals surface area contributed by atoms with Crippen LogP contribution in [0.2, 0.25) is 5.02 Å². The molecule has 1 aliphatic heterocycles. The van der Waals surface area contributed by atoms with Crippen LogP contribution in [0.4, 0.5) is 10.1 Å². The first-order chi connectivity index (χ1) is 12.4. The molecule has 0 radical (unpaired) electrons. The summed E-state index contributed by atoms with van der Waals surface area (Å²) in [5.74, 6) is -0.149. The molecule has 0 spiro atoms. The molecule has 1 aliphatic rings. The summed E-state index contributed by atoms with van der Waals surface area (Å²) in [6, 6.07) is 11.5. The summed E-state index contributed by atoms with van der Waals surface area (Å²) >= 11 is 5.95. The number of nitrogens with one attached hydrogen (secondary N) is 1. The molecule has 0 unspecified atom stereocenters. The van der Waals surface area contributed by atoms with Gasteiger partial charge >= 0.3 is 0 Å². The third-order valence-electron chi connectivity index (χ3n) is 4.73. The van der Waals surface area contributed by atoms with Crippen molar-refractivity contribution in [3.63, 3.8) is 0 Å². The summed E-state index contributed by atoms with van der Waals surface area (Å²) in [6.07, 6.45) is 2.11. The summed E-state index contributed by atoms with van der Waals surface area (Å²) in [6.45, 7) is 3.20. The minimum Gasteiger partial charge on any atom is -0.490 e. The van der Waals surface area contributed by atoms with Crippen molar-refractivity contribution < 1.29 is 13.9 Å². The lowest BCUT2D eigenvalue weighted by molar-refractivity contribution is 0.0791. The standard InChI is InChI=1S/C20H22ClFN2O2/c1-13-10-17(8-9-24(13)2)26-16-5-3-4-15(12-16)23-20(25)18-7-6-14(22)11-19(18)21/h3-7,11-13,17H,8-10H2,1-2H3,(H,23,25)/t13-,17-/m1/s1. The second-order valence-electron chi connectivity index (χ2n) is 6.70. The quantitative estimate of drug-likeness (QED) is 0.848. The van der Waals surface area contributed by atoms with E-state index in [1.54, 1.807) is 12.1 Å². The van der Waals surface area contributed by atoms with E-state index in [0.717, 1.165) is 31.2 Å². The zero-order valence-corrected chi connectivity index (χ0v) is 15.6. The Labute approximate surface area is 157 Å². The molecule has 1 heterocycles. The molecule has 138 valence electrons. The van der Waals surface area contributed by atoms with E-state index in [1.165, 1.54) is 12.1 Å². The number of carbonyl (C=O) groups excluding carboxylic acids is 1. The maximum Gasteiger partial charge on any atom is 0.257 e. The molecular weight excluding hydrogens is 355 g/mol. The molecule has 6 heteroatoms. The van der Waals surface area contributed by atoms with Crippen LogP contribution in [-0.4, -0.2) is 36.5 Å². The van der Waals surface area contributed by atoms with Gasteiger partial charge in [-0.05, 0) is 57.1 Å². The maximum atomic E-state index is 13.1. The van der Waals surface area contributed by atoms with Crippen LogP contribution in [0.1, 0.15) is 30.1 Å². The minimum atomic E-state index is -0.477. The van der Waals surface area contributed by atoms with Gasteiger partial charge in [-0.2, -0.15) is 0 Å². The zero-order valence-electron chi connectivity index (χ0n) is 14.8. The van der Waals surface area contributed by atoms with Crippen LogP contribution in [0.25, 0.3) is 0 Å². The summed E-state index contributed by atoms with van der Waals surface area (Å²) in [4.78, 5) is 14.7. The average Bonchev–Trinajstić information content (AvgIpc) is 2.58. The summed E-state index contributed by atoms with van der Waals surface area (Å²) in [5, 5.41) is 2.86. The highest BCUT2D eigenvalue weighted by molar-refractivity contribution is 6.34. The molecular formula is C20H22ClFN2O2. The van der Waals surface area contributed by atoms with Crippen LogP contribution >= 0.6 is 11.6 Å². The molecule has 0 bridgehead atoms. The molecule has 26 heavy (non-hydrogen) atoms. The van der Waals surface area contributed by atoms with E-state index in [2.05, 4.69) is 24.2 Å². The highest BCUT2D eigenvalue weighted by Crippen LogP contribution is 2.25. The Bertz CT molecular complexity index is 799. The van der Waals surface area contributed by atoms with Crippen LogP contribution in [0, 0.1) is 5.82 Å². The molecule has 1 N–H and O–H groups in total. The molecule has 1 fully saturated rings. The first-order valence-electron chi connectivity index (χ1n) is 8.66. The zero-order chi connectivity index (χ0) is 18.7. The van der Waals surface area contributed by atoms with Crippen molar-refractivity contribution in [2.24, 2.45) is 0 Å². The lowest BCUT2D eigenvalue weighted by Gasteiger charge is -2.35. The van der Waals surface area contributed by atoms with Crippen LogP contribution in [0.5, 0.6) is 5.75 Å². The number of benzene rings is 2. The second kappa shape index (κ2) is 8.06. The molecule has 1 amide bonds. The highest BCUT2D eigenvalue weighted by Gasteiger charge is 2.24. The van der Waals surface area contributed by atoms with Crippen LogP contribution in [0.15, 0.2) is 42.5 Å². The van der Waals surface area contributed by atoms with Gasteiger partial charge in [0.2, 0.25) is 0 Å². The average molecular weight is 377 g/mol. The van der Waals surface area contributed by atoms with Crippen LogP contribution in [0.3, 0.4) is 0 Å². The van der Waals surface area contributed by atoms with E-state index >= 15 is 0 Å². The van der Waals surface area contributed by atoms with E-state index < -0.39 is 5.82 Å². The molecule has 2 aromatic rings. The van der Waals surface area contributed by atoms with Gasteiger partial charge in [0, 0.05) is 24.3 Å². The predicted molar refractivity (Wildman–Crippen MR) is 102 cm³/mol. The number of nitrogens with zero attached hydrogens (tertiary/aromatic N) is 1. The van der Waals surface area contributed by atoms with Gasteiger partial charge in [-0.25, -0.2) is 4.39 Å². The minimum absolute atomic E-state index is 0.0789. The van der Waals surface area contributed by atoms with Gasteiger partial charge in [-0.1, -0.05) is 17.7 Å². The fourth-order valence-corrected chi connectivity index (χ4v) is 3.32. The number of ether oxygens (including phenoxy) is 1. The van der Waals surface area contributed by atoms with Gasteiger partial charge in [0.25, 0.3) is 5.91 Å². The van der Waals surface area contributed by atoms with E-state index in [1.807, 2.05) is 12.1 Å². The molecule has 2 atom stereocenters. The molecule has 0 aliphatic carbocycles. The highest BCUT2D eigenvalue weighted by atomic mass is 35.5. The van der Waals surface area contributed by atoms with Crippen molar-refractivity contribution in [3.05, 3.63) is 58.9 Å². The monoisotopic (exact) mass is 376 g/mol. The van der Waals surface area contributed by atoms with Crippen molar-refractivity contribution in [1.29, 1.82) is 0 Å². The molecule has 4 nitrogen and oxygen atoms in total. The molecule has 0 aromatic heterocycles. The Morgan fingerprint density at radius 1 is 1.31 bits per heavy atom. The number of halogens is 2. The van der Waals surface area contributed by atoms with E-state index in [4.69, 9.17) is 16.3 Å². The van der Waals surface area contributed by atoms with Gasteiger partial charge in [-0.15, -0.1) is 0 Å². The molecule has 0 saturated carbocycles. The Hall–Kier alpha value is -2.11. The number of piperidine rings is 1. The van der Waals surface area contributed by atoms with Gasteiger partial charge in [0.05, 0.1) is 10.6 Å². The van der Waals surface area contributed by atoms with Crippen molar-refractivity contribution in [1.82, 2.24) is 4.90 Å². The lowest BCUT2D eigenvalue weighted by atomic mass is 10.0. The topological polar surface area (TPSA) is 41.6 Å². The molecule has 1 saturated heterocycles. The van der Waals surface area contributed by atoms with E-state index in [0.29, 0.717) is 11.7 Å². The lowest BCUT2D eigenvalue weighted by Crippen LogP contribution is -2.41. The maximum absolute atomic E-state index is 13.1. The number of carbonyl (C=O) groups is 1. The Morgan fingerprint density at radius 2 is 2.12 bits per heavy atom. The van der Waals surface area contributed by atoms with Crippen LogP contribution < -0.4 is 10.1 Å². The molecule has 3 rings (SSSR count). The fourth-order valence-electron chi connectivity index (χ4n) is 3.06. The SMILES string of the molecule is C[C@@H]1C[C@H](Oc2cccc(NC(=O)c3ccc(F)cc3Cl)c2)CCN1C. The normalized spacial score (nSPS) is 20.6. The van der Waals surface area contributed by atoms with Gasteiger partial charge in [0.15, 0.2) is 0 Å². The first-order valence-corrected chi connectivity index (χ1v) is 9.03. The van der Waals surface area contributed by atoms with Gasteiger partial charge in [0.1, 0.15) is 17.7 Å². The van der Waals surface area contributed by atoms with Crippen molar-refractivity contribution in [2.45, 2.75) is 31.9 Å². The second-order valence-corrected chi connectivity index (χ2v) is 7.11. The van der Waals surface area contributed by atoms with Crippen molar-refractivity contribution in [2.75, 3.05) is 18.9 Å². The molecule has 2 aromatic carbocycles. The van der Waals surface area contributed by atoms with Crippen molar-refractivity contribution in [3.8, 4) is 5.75 Å². The third kappa shape index (κ3) is 4.54. The fraction of sp³-hybridized carbons (Fsp3) is 0.350. The number of amides is 1. The Balaban J connectivity index is 1.66. The van der Waals surface area contributed by atoms with Crippen LogP contribution in [-0.2, 0) is 0 Å². The van der Waals surface area contributed by atoms with E-state index in [9.17, 15) is 9.18 Å². The Morgan fingerprint density at radius 3 is 2.85 bits per heavy atom.